The van der Waals surface area contributed by atoms with Crippen molar-refractivity contribution in [1.29, 1.82) is 5.26 Å². The second-order valence-corrected chi connectivity index (χ2v) is 6.13. The average Bonchev–Trinajstić information content (AvgIpc) is 2.26. The van der Waals surface area contributed by atoms with Crippen molar-refractivity contribution in [1.82, 2.24) is 10.3 Å². The molecule has 1 aromatic heterocycles. The molecule has 1 N–H and O–H groups in total. The zero-order chi connectivity index (χ0) is 13.8. The lowest BCUT2D eigenvalue weighted by molar-refractivity contribution is 0.548. The van der Waals surface area contributed by atoms with Crippen LogP contribution in [0.1, 0.15) is 51.4 Å². The second kappa shape index (κ2) is 5.97. The smallest absolute Gasteiger partial charge is 0.101 e. The summed E-state index contributed by atoms with van der Waals surface area (Å²) in [6.07, 6.45) is 1.87. The molecule has 0 amide bonds. The minimum Gasteiger partial charge on any atom is -0.312 e. The minimum absolute atomic E-state index is 0.0883. The maximum absolute atomic E-state index is 9.21. The summed E-state index contributed by atoms with van der Waals surface area (Å²) >= 11 is 0. The fourth-order valence-electron chi connectivity index (χ4n) is 1.79. The number of rotatable bonds is 4. The summed E-state index contributed by atoms with van der Waals surface area (Å²) in [5, 5.41) is 12.6. The normalized spacial score (nSPS) is 11.6. The largest absolute Gasteiger partial charge is 0.312 e. The van der Waals surface area contributed by atoms with E-state index >= 15 is 0 Å². The summed E-state index contributed by atoms with van der Waals surface area (Å²) in [7, 11) is 0. The Kier molecular flexibility index (Phi) is 4.86. The van der Waals surface area contributed by atoms with Crippen molar-refractivity contribution in [2.45, 2.75) is 46.6 Å². The van der Waals surface area contributed by atoms with Gasteiger partial charge in [0.05, 0.1) is 11.3 Å². The summed E-state index contributed by atoms with van der Waals surface area (Å²) in [5.41, 5.74) is 2.54. The van der Waals surface area contributed by atoms with Crippen LogP contribution < -0.4 is 5.32 Å². The van der Waals surface area contributed by atoms with Gasteiger partial charge in [0.2, 0.25) is 0 Å². The monoisotopic (exact) mass is 245 g/mol. The number of hydrogen-bond acceptors (Lipinski definition) is 3. The van der Waals surface area contributed by atoms with E-state index in [-0.39, 0.29) is 5.41 Å². The molecule has 1 aromatic rings. The van der Waals surface area contributed by atoms with Gasteiger partial charge in [-0.15, -0.1) is 0 Å². The fourth-order valence-corrected chi connectivity index (χ4v) is 1.79. The van der Waals surface area contributed by atoms with Gasteiger partial charge in [-0.25, -0.2) is 0 Å². The summed E-state index contributed by atoms with van der Waals surface area (Å²) in [4.78, 5) is 4.46. The third kappa shape index (κ3) is 4.12. The van der Waals surface area contributed by atoms with Crippen molar-refractivity contribution in [2.75, 3.05) is 6.54 Å². The Balaban J connectivity index is 2.84. The zero-order valence-corrected chi connectivity index (χ0v) is 12.0. The van der Waals surface area contributed by atoms with Crippen LogP contribution >= 0.6 is 0 Å². The molecule has 0 aliphatic heterocycles. The van der Waals surface area contributed by atoms with E-state index in [1.807, 2.05) is 12.3 Å². The molecule has 0 radical (unpaired) electrons. The van der Waals surface area contributed by atoms with Gasteiger partial charge in [0.1, 0.15) is 6.07 Å². The van der Waals surface area contributed by atoms with Crippen LogP contribution in [0.2, 0.25) is 0 Å². The highest BCUT2D eigenvalue weighted by Gasteiger charge is 2.19. The molecule has 0 saturated carbocycles. The third-order valence-electron chi connectivity index (χ3n) is 2.66. The van der Waals surface area contributed by atoms with Crippen molar-refractivity contribution in [3.05, 3.63) is 29.1 Å². The van der Waals surface area contributed by atoms with Crippen LogP contribution in [0.15, 0.2) is 12.3 Å². The number of hydrogen-bond donors (Lipinski definition) is 1. The summed E-state index contributed by atoms with van der Waals surface area (Å²) < 4.78 is 0. The van der Waals surface area contributed by atoms with Crippen LogP contribution in [0.4, 0.5) is 0 Å². The van der Waals surface area contributed by atoms with Gasteiger partial charge in [0.15, 0.2) is 0 Å². The first-order valence-electron chi connectivity index (χ1n) is 6.45. The molecule has 0 aromatic carbocycles. The number of nitrogens with zero attached hydrogens (tertiary/aromatic N) is 2. The van der Waals surface area contributed by atoms with E-state index in [4.69, 9.17) is 0 Å². The summed E-state index contributed by atoms with van der Waals surface area (Å²) in [5.74, 6) is 0.627. The van der Waals surface area contributed by atoms with Gasteiger partial charge in [-0.3, -0.25) is 4.98 Å². The molecular weight excluding hydrogens is 222 g/mol. The van der Waals surface area contributed by atoms with Crippen LogP contribution in [0.5, 0.6) is 0 Å². The Hall–Kier alpha value is -1.40. The molecule has 98 valence electrons. The quantitative estimate of drug-likeness (QED) is 0.887. The highest BCUT2D eigenvalue weighted by atomic mass is 14.9. The van der Waals surface area contributed by atoms with Gasteiger partial charge in [-0.1, -0.05) is 34.6 Å². The van der Waals surface area contributed by atoms with Crippen molar-refractivity contribution >= 4 is 0 Å². The van der Waals surface area contributed by atoms with E-state index < -0.39 is 0 Å². The maximum Gasteiger partial charge on any atom is 0.101 e. The maximum atomic E-state index is 9.21. The highest BCUT2D eigenvalue weighted by molar-refractivity contribution is 5.39. The molecule has 0 saturated heterocycles. The van der Waals surface area contributed by atoms with E-state index in [9.17, 15) is 5.26 Å². The molecule has 3 heteroatoms. The predicted molar refractivity (Wildman–Crippen MR) is 74.2 cm³/mol. The molecule has 0 fully saturated rings. The number of nitriles is 1. The molecule has 3 nitrogen and oxygen atoms in total. The summed E-state index contributed by atoms with van der Waals surface area (Å²) in [6, 6.07) is 4.20. The Morgan fingerprint density at radius 2 is 2.06 bits per heavy atom. The van der Waals surface area contributed by atoms with E-state index in [2.05, 4.69) is 51.0 Å². The zero-order valence-electron chi connectivity index (χ0n) is 12.0. The molecule has 0 bridgehead atoms. The van der Waals surface area contributed by atoms with E-state index in [1.165, 1.54) is 0 Å². The van der Waals surface area contributed by atoms with Crippen molar-refractivity contribution in [3.8, 4) is 6.07 Å². The van der Waals surface area contributed by atoms with Gasteiger partial charge in [-0.2, -0.15) is 5.26 Å². The molecular formula is C15H23N3. The number of aromatic nitrogens is 1. The lowest BCUT2D eigenvalue weighted by Gasteiger charge is -2.19. The van der Waals surface area contributed by atoms with Crippen molar-refractivity contribution < 1.29 is 0 Å². The first kappa shape index (κ1) is 14.7. The topological polar surface area (TPSA) is 48.7 Å². The van der Waals surface area contributed by atoms with Crippen LogP contribution in [-0.2, 0) is 12.0 Å². The predicted octanol–water partition coefficient (Wildman–Crippen LogP) is 3.00. The molecule has 1 heterocycles. The lowest BCUT2D eigenvalue weighted by atomic mass is 9.88. The third-order valence-corrected chi connectivity index (χ3v) is 2.66. The fraction of sp³-hybridized carbons (Fsp3) is 0.600. The molecule has 1 rings (SSSR count). The van der Waals surface area contributed by atoms with Crippen LogP contribution in [0, 0.1) is 17.2 Å². The first-order chi connectivity index (χ1) is 8.34. The minimum atomic E-state index is -0.0883. The molecule has 0 spiro atoms. The second-order valence-electron chi connectivity index (χ2n) is 6.13. The van der Waals surface area contributed by atoms with Crippen LogP contribution in [-0.4, -0.2) is 11.5 Å². The van der Waals surface area contributed by atoms with Gasteiger partial charge in [-0.05, 0) is 24.1 Å². The standard InChI is InChI=1S/C15H23N3/c1-11(2)8-17-9-12-6-13(7-16)14(18-10-12)15(3,4)5/h6,10-11,17H,8-9H2,1-5H3. The van der Waals surface area contributed by atoms with Gasteiger partial charge in [0.25, 0.3) is 0 Å². The van der Waals surface area contributed by atoms with E-state index in [0.717, 1.165) is 24.3 Å². The SMILES string of the molecule is CC(C)CNCc1cnc(C(C)(C)C)c(C#N)c1. The van der Waals surface area contributed by atoms with Crippen molar-refractivity contribution in [2.24, 2.45) is 5.92 Å². The Morgan fingerprint density at radius 3 is 2.56 bits per heavy atom. The summed E-state index contributed by atoms with van der Waals surface area (Å²) in [6.45, 7) is 12.3. The van der Waals surface area contributed by atoms with Crippen LogP contribution in [0.3, 0.4) is 0 Å². The highest BCUT2D eigenvalue weighted by Crippen LogP contribution is 2.23. The van der Waals surface area contributed by atoms with E-state index in [0.29, 0.717) is 11.5 Å². The van der Waals surface area contributed by atoms with Crippen molar-refractivity contribution in [3.63, 3.8) is 0 Å². The number of nitrogens with one attached hydrogen (secondary N) is 1. The van der Waals surface area contributed by atoms with Crippen LogP contribution in [0.25, 0.3) is 0 Å². The molecule has 0 atom stereocenters. The molecule has 0 aliphatic rings. The Labute approximate surface area is 110 Å². The van der Waals surface area contributed by atoms with Gasteiger partial charge in [0, 0.05) is 18.2 Å². The van der Waals surface area contributed by atoms with Gasteiger partial charge >= 0.3 is 0 Å². The first-order valence-corrected chi connectivity index (χ1v) is 6.45. The average molecular weight is 245 g/mol. The molecule has 0 aliphatic carbocycles. The van der Waals surface area contributed by atoms with Gasteiger partial charge < -0.3 is 5.32 Å². The Bertz CT molecular complexity index is 436. The molecule has 0 unspecified atom stereocenters. The number of pyridine rings is 1. The Morgan fingerprint density at radius 1 is 1.39 bits per heavy atom. The lowest BCUT2D eigenvalue weighted by Crippen LogP contribution is -2.20. The molecule has 18 heavy (non-hydrogen) atoms. The van der Waals surface area contributed by atoms with E-state index in [1.54, 1.807) is 0 Å².